The summed E-state index contributed by atoms with van der Waals surface area (Å²) in [5.41, 5.74) is 1.97. The molecule has 1 aromatic heterocycles. The molecule has 4 nitrogen and oxygen atoms in total. The Labute approximate surface area is 173 Å². The van der Waals surface area contributed by atoms with Crippen LogP contribution in [0.3, 0.4) is 0 Å². The van der Waals surface area contributed by atoms with Crippen LogP contribution in [0.25, 0.3) is 10.1 Å². The van der Waals surface area contributed by atoms with Crippen LogP contribution >= 0.6 is 35.2 Å². The van der Waals surface area contributed by atoms with Crippen molar-refractivity contribution in [2.45, 2.75) is 13.8 Å². The molecule has 0 saturated heterocycles. The molecule has 2 N–H and O–H groups in total. The van der Waals surface area contributed by atoms with Gasteiger partial charge in [0.1, 0.15) is 4.88 Å². The van der Waals surface area contributed by atoms with E-state index < -0.39 is 0 Å². The molecule has 7 heteroatoms. The molecule has 2 aromatic carbocycles. The van der Waals surface area contributed by atoms with E-state index in [2.05, 4.69) is 29.4 Å². The van der Waals surface area contributed by atoms with Crippen LogP contribution in [-0.2, 0) is 0 Å². The molecule has 0 atom stereocenters. The second-order valence-corrected chi connectivity index (χ2v) is 7.71. The van der Waals surface area contributed by atoms with Gasteiger partial charge in [0.05, 0.1) is 5.02 Å². The number of halogens is 1. The molecule has 0 saturated carbocycles. The van der Waals surface area contributed by atoms with Gasteiger partial charge in [-0.2, -0.15) is 0 Å². The average Bonchev–Trinajstić information content (AvgIpc) is 3.01. The Morgan fingerprint density at radius 2 is 1.78 bits per heavy atom. The molecular formula is C20H20ClN3OS2. The lowest BCUT2D eigenvalue weighted by molar-refractivity contribution is 0.0982. The Hall–Kier alpha value is -2.15. The number of thiophene rings is 1. The maximum absolute atomic E-state index is 12.5. The zero-order chi connectivity index (χ0) is 19.4. The van der Waals surface area contributed by atoms with E-state index in [-0.39, 0.29) is 11.0 Å². The maximum Gasteiger partial charge on any atom is 0.269 e. The molecule has 0 aliphatic rings. The summed E-state index contributed by atoms with van der Waals surface area (Å²) in [5.74, 6) is -0.307. The van der Waals surface area contributed by atoms with Crippen LogP contribution in [-0.4, -0.2) is 24.1 Å². The molecule has 0 unspecified atom stereocenters. The molecule has 1 heterocycles. The minimum Gasteiger partial charge on any atom is -0.372 e. The lowest BCUT2D eigenvalue weighted by Gasteiger charge is -2.21. The van der Waals surface area contributed by atoms with E-state index in [1.165, 1.54) is 11.3 Å². The van der Waals surface area contributed by atoms with Crippen molar-refractivity contribution in [3.63, 3.8) is 0 Å². The highest BCUT2D eigenvalue weighted by Crippen LogP contribution is 2.35. The van der Waals surface area contributed by atoms with E-state index in [1.807, 2.05) is 48.5 Å². The third kappa shape index (κ3) is 4.40. The van der Waals surface area contributed by atoms with Crippen molar-refractivity contribution < 1.29 is 4.79 Å². The standard InChI is InChI=1S/C20H20ClN3OS2/c1-3-24(4-2)14-11-9-13(10-12-14)22-20(26)23-19(25)18-17(21)15-7-5-6-8-16(15)27-18/h5-12H,3-4H2,1-2H3,(H2,22,23,25,26). The third-order valence-electron chi connectivity index (χ3n) is 4.22. The first-order valence-corrected chi connectivity index (χ1v) is 10.3. The summed E-state index contributed by atoms with van der Waals surface area (Å²) in [6, 6.07) is 15.6. The largest absolute Gasteiger partial charge is 0.372 e. The fourth-order valence-electron chi connectivity index (χ4n) is 2.83. The number of fused-ring (bicyclic) bond motifs is 1. The molecule has 3 rings (SSSR count). The number of nitrogens with one attached hydrogen (secondary N) is 2. The van der Waals surface area contributed by atoms with Crippen molar-refractivity contribution in [1.82, 2.24) is 5.32 Å². The maximum atomic E-state index is 12.5. The summed E-state index contributed by atoms with van der Waals surface area (Å²) in [7, 11) is 0. The molecule has 0 aliphatic heterocycles. The summed E-state index contributed by atoms with van der Waals surface area (Å²) >= 11 is 13.0. The highest BCUT2D eigenvalue weighted by Gasteiger charge is 2.17. The van der Waals surface area contributed by atoms with Gasteiger partial charge in [-0.15, -0.1) is 11.3 Å². The number of rotatable bonds is 5. The van der Waals surface area contributed by atoms with Crippen molar-refractivity contribution >= 4 is 67.6 Å². The van der Waals surface area contributed by atoms with Gasteiger partial charge in [0.15, 0.2) is 5.11 Å². The van der Waals surface area contributed by atoms with Crippen LogP contribution in [0.5, 0.6) is 0 Å². The summed E-state index contributed by atoms with van der Waals surface area (Å²) in [4.78, 5) is 15.3. The van der Waals surface area contributed by atoms with Crippen LogP contribution in [0.4, 0.5) is 11.4 Å². The molecule has 0 spiro atoms. The molecular weight excluding hydrogens is 398 g/mol. The molecule has 3 aromatic rings. The minimum atomic E-state index is -0.307. The predicted molar refractivity (Wildman–Crippen MR) is 121 cm³/mol. The number of nitrogens with zero attached hydrogens (tertiary/aromatic N) is 1. The van der Waals surface area contributed by atoms with Gasteiger partial charge in [-0.1, -0.05) is 29.8 Å². The molecule has 0 fully saturated rings. The van der Waals surface area contributed by atoms with Gasteiger partial charge < -0.3 is 10.2 Å². The number of thiocarbonyl (C=S) groups is 1. The van der Waals surface area contributed by atoms with Crippen LogP contribution in [0.15, 0.2) is 48.5 Å². The molecule has 1 amide bonds. The molecule has 140 valence electrons. The van der Waals surface area contributed by atoms with E-state index in [0.29, 0.717) is 9.90 Å². The van der Waals surface area contributed by atoms with Crippen LogP contribution in [0, 0.1) is 0 Å². The van der Waals surface area contributed by atoms with E-state index in [1.54, 1.807) is 0 Å². The Bertz CT molecular complexity index is 965. The average molecular weight is 418 g/mol. The van der Waals surface area contributed by atoms with Gasteiger partial charge in [0.25, 0.3) is 5.91 Å². The van der Waals surface area contributed by atoms with Crippen LogP contribution < -0.4 is 15.5 Å². The van der Waals surface area contributed by atoms with Gasteiger partial charge >= 0.3 is 0 Å². The lowest BCUT2D eigenvalue weighted by atomic mass is 10.2. The Morgan fingerprint density at radius 3 is 2.41 bits per heavy atom. The second-order valence-electron chi connectivity index (χ2n) is 5.87. The molecule has 27 heavy (non-hydrogen) atoms. The fraction of sp³-hybridized carbons (Fsp3) is 0.200. The lowest BCUT2D eigenvalue weighted by Crippen LogP contribution is -2.33. The smallest absolute Gasteiger partial charge is 0.269 e. The van der Waals surface area contributed by atoms with Gasteiger partial charge in [-0.3, -0.25) is 10.1 Å². The van der Waals surface area contributed by atoms with Crippen molar-refractivity contribution in [2.24, 2.45) is 0 Å². The van der Waals surface area contributed by atoms with E-state index in [0.717, 1.165) is 34.6 Å². The zero-order valence-electron chi connectivity index (χ0n) is 15.1. The van der Waals surface area contributed by atoms with Crippen molar-refractivity contribution in [3.8, 4) is 0 Å². The van der Waals surface area contributed by atoms with E-state index in [4.69, 9.17) is 23.8 Å². The SMILES string of the molecule is CCN(CC)c1ccc(NC(=S)NC(=O)c2sc3ccccc3c2Cl)cc1. The van der Waals surface area contributed by atoms with Crippen molar-refractivity contribution in [3.05, 3.63) is 58.4 Å². The number of carbonyl (C=O) groups excluding carboxylic acids is 1. The van der Waals surface area contributed by atoms with Crippen molar-refractivity contribution in [1.29, 1.82) is 0 Å². The number of carbonyl (C=O) groups is 1. The highest BCUT2D eigenvalue weighted by atomic mass is 35.5. The third-order valence-corrected chi connectivity index (χ3v) is 6.10. The number of hydrogen-bond acceptors (Lipinski definition) is 4. The van der Waals surface area contributed by atoms with E-state index >= 15 is 0 Å². The summed E-state index contributed by atoms with van der Waals surface area (Å²) in [6.45, 7) is 6.15. The highest BCUT2D eigenvalue weighted by molar-refractivity contribution is 7.80. The van der Waals surface area contributed by atoms with Crippen LogP contribution in [0.2, 0.25) is 5.02 Å². The number of hydrogen-bond donors (Lipinski definition) is 2. The normalized spacial score (nSPS) is 10.6. The Kier molecular flexibility index (Phi) is 6.31. The first-order valence-electron chi connectivity index (χ1n) is 8.67. The number of amides is 1. The van der Waals surface area contributed by atoms with Gasteiger partial charge in [-0.25, -0.2) is 0 Å². The zero-order valence-corrected chi connectivity index (χ0v) is 17.5. The monoisotopic (exact) mass is 417 g/mol. The van der Waals surface area contributed by atoms with Crippen LogP contribution in [0.1, 0.15) is 23.5 Å². The Morgan fingerprint density at radius 1 is 1.11 bits per heavy atom. The first-order chi connectivity index (χ1) is 13.0. The first kappa shape index (κ1) is 19.6. The molecule has 0 aliphatic carbocycles. The second kappa shape index (κ2) is 8.69. The predicted octanol–water partition coefficient (Wildman–Crippen LogP) is 5.53. The Balaban J connectivity index is 1.66. The summed E-state index contributed by atoms with van der Waals surface area (Å²) in [5, 5.41) is 7.32. The molecule has 0 bridgehead atoms. The minimum absolute atomic E-state index is 0.240. The van der Waals surface area contributed by atoms with Crippen molar-refractivity contribution in [2.75, 3.05) is 23.3 Å². The van der Waals surface area contributed by atoms with E-state index in [9.17, 15) is 4.79 Å². The summed E-state index contributed by atoms with van der Waals surface area (Å²) < 4.78 is 0.971. The molecule has 0 radical (unpaired) electrons. The topological polar surface area (TPSA) is 44.4 Å². The van der Waals surface area contributed by atoms with Gasteiger partial charge in [-0.05, 0) is 56.4 Å². The number of anilines is 2. The summed E-state index contributed by atoms with van der Waals surface area (Å²) in [6.07, 6.45) is 0. The van der Waals surface area contributed by atoms with Gasteiger partial charge in [0, 0.05) is 34.6 Å². The number of benzene rings is 2. The van der Waals surface area contributed by atoms with Gasteiger partial charge in [0.2, 0.25) is 0 Å². The fourth-order valence-corrected chi connectivity index (χ4v) is 4.45. The quantitative estimate of drug-likeness (QED) is 0.536.